The summed E-state index contributed by atoms with van der Waals surface area (Å²) in [6.45, 7) is 4.11. The SMILES string of the molecule is CC1=C(c2ccccc2)S(=O)(=O)N=C1N1CCCN(C(=O)c2ccncc2)CC1. The summed E-state index contributed by atoms with van der Waals surface area (Å²) >= 11 is 0. The Kier molecular flexibility index (Phi) is 5.19. The molecule has 1 saturated heterocycles. The van der Waals surface area contributed by atoms with Gasteiger partial charge in [-0.1, -0.05) is 30.3 Å². The smallest absolute Gasteiger partial charge is 0.285 e. The summed E-state index contributed by atoms with van der Waals surface area (Å²) in [5, 5.41) is 0. The van der Waals surface area contributed by atoms with Crippen LogP contribution in [0.4, 0.5) is 0 Å². The molecule has 0 unspecified atom stereocenters. The maximum Gasteiger partial charge on any atom is 0.285 e. The van der Waals surface area contributed by atoms with Crippen molar-refractivity contribution in [2.24, 2.45) is 4.40 Å². The van der Waals surface area contributed by atoms with Crippen LogP contribution in [0.3, 0.4) is 0 Å². The van der Waals surface area contributed by atoms with Gasteiger partial charge in [-0.05, 0) is 31.0 Å². The average molecular weight is 410 g/mol. The van der Waals surface area contributed by atoms with Crippen molar-refractivity contribution in [1.29, 1.82) is 0 Å². The highest BCUT2D eigenvalue weighted by Crippen LogP contribution is 2.33. The number of hydrogen-bond donors (Lipinski definition) is 0. The van der Waals surface area contributed by atoms with Gasteiger partial charge in [0.05, 0.1) is 0 Å². The fourth-order valence-corrected chi connectivity index (χ4v) is 5.27. The Hall–Kier alpha value is -3.00. The number of carbonyl (C=O) groups excluding carboxylic acids is 1. The summed E-state index contributed by atoms with van der Waals surface area (Å²) in [5.74, 6) is 0.453. The van der Waals surface area contributed by atoms with Crippen LogP contribution in [0.5, 0.6) is 0 Å². The third kappa shape index (κ3) is 3.80. The van der Waals surface area contributed by atoms with Gasteiger partial charge in [0.25, 0.3) is 15.9 Å². The highest BCUT2D eigenvalue weighted by atomic mass is 32.2. The van der Waals surface area contributed by atoms with E-state index in [9.17, 15) is 13.2 Å². The lowest BCUT2D eigenvalue weighted by atomic mass is 10.1. The van der Waals surface area contributed by atoms with Crippen molar-refractivity contribution >= 4 is 26.7 Å². The third-order valence-corrected chi connectivity index (χ3v) is 6.66. The fraction of sp³-hybridized carbons (Fsp3) is 0.286. The second-order valence-electron chi connectivity index (χ2n) is 7.08. The molecule has 150 valence electrons. The zero-order valence-electron chi connectivity index (χ0n) is 16.2. The molecule has 1 aromatic carbocycles. The second-order valence-corrected chi connectivity index (χ2v) is 8.62. The summed E-state index contributed by atoms with van der Waals surface area (Å²) in [7, 11) is -3.73. The molecule has 2 aromatic rings. The van der Waals surface area contributed by atoms with Crippen molar-refractivity contribution in [3.63, 3.8) is 0 Å². The Morgan fingerprint density at radius 3 is 2.41 bits per heavy atom. The van der Waals surface area contributed by atoms with Crippen LogP contribution < -0.4 is 0 Å². The lowest BCUT2D eigenvalue weighted by Crippen LogP contribution is -2.37. The number of rotatable bonds is 2. The standard InChI is InChI=1S/C21H22N4O3S/c1-16-19(17-6-3-2-4-7-17)29(27,28)23-20(16)24-12-5-13-25(15-14-24)21(26)18-8-10-22-11-9-18/h2-4,6-11H,5,12-15H2,1H3. The Morgan fingerprint density at radius 2 is 1.69 bits per heavy atom. The van der Waals surface area contributed by atoms with Crippen molar-refractivity contribution in [2.45, 2.75) is 13.3 Å². The largest absolute Gasteiger partial charge is 0.354 e. The van der Waals surface area contributed by atoms with Gasteiger partial charge >= 0.3 is 0 Å². The van der Waals surface area contributed by atoms with Crippen molar-refractivity contribution < 1.29 is 13.2 Å². The van der Waals surface area contributed by atoms with Gasteiger partial charge in [-0.2, -0.15) is 8.42 Å². The topological polar surface area (TPSA) is 82.9 Å². The molecule has 4 rings (SSSR count). The van der Waals surface area contributed by atoms with Crippen LogP contribution in [0.2, 0.25) is 0 Å². The first kappa shape index (κ1) is 19.3. The van der Waals surface area contributed by atoms with Crippen LogP contribution in [0, 0.1) is 0 Å². The molecule has 1 amide bonds. The lowest BCUT2D eigenvalue weighted by molar-refractivity contribution is 0.0764. The average Bonchev–Trinajstić information content (AvgIpc) is 2.89. The van der Waals surface area contributed by atoms with Crippen LogP contribution in [-0.2, 0) is 10.0 Å². The number of aromatic nitrogens is 1. The minimum atomic E-state index is -3.73. The molecule has 3 heterocycles. The molecule has 0 bridgehead atoms. The van der Waals surface area contributed by atoms with Gasteiger partial charge < -0.3 is 9.80 Å². The third-order valence-electron chi connectivity index (χ3n) is 5.19. The molecule has 0 atom stereocenters. The van der Waals surface area contributed by atoms with Gasteiger partial charge in [0.2, 0.25) is 0 Å². The van der Waals surface area contributed by atoms with Crippen LogP contribution >= 0.6 is 0 Å². The van der Waals surface area contributed by atoms with E-state index in [1.54, 1.807) is 48.5 Å². The number of sulfonamides is 1. The van der Waals surface area contributed by atoms with Gasteiger partial charge in [-0.3, -0.25) is 9.78 Å². The first-order valence-corrected chi connectivity index (χ1v) is 11.0. The van der Waals surface area contributed by atoms with Crippen molar-refractivity contribution in [3.8, 4) is 0 Å². The summed E-state index contributed by atoms with van der Waals surface area (Å²) in [6.07, 6.45) is 3.95. The number of carbonyl (C=O) groups is 1. The molecule has 0 N–H and O–H groups in total. The van der Waals surface area contributed by atoms with Gasteiger partial charge in [0.1, 0.15) is 10.7 Å². The number of amidine groups is 1. The fourth-order valence-electron chi connectivity index (χ4n) is 3.78. The molecular weight excluding hydrogens is 388 g/mol. The van der Waals surface area contributed by atoms with Crippen molar-refractivity contribution in [1.82, 2.24) is 14.8 Å². The quantitative estimate of drug-likeness (QED) is 0.759. The molecular formula is C21H22N4O3S. The number of hydrogen-bond acceptors (Lipinski definition) is 5. The zero-order valence-corrected chi connectivity index (χ0v) is 17.0. The minimum Gasteiger partial charge on any atom is -0.354 e. The predicted molar refractivity (Wildman–Crippen MR) is 112 cm³/mol. The molecule has 0 spiro atoms. The van der Waals surface area contributed by atoms with Gasteiger partial charge in [-0.25, -0.2) is 0 Å². The van der Waals surface area contributed by atoms with E-state index in [-0.39, 0.29) is 10.8 Å². The summed E-state index contributed by atoms with van der Waals surface area (Å²) < 4.78 is 29.5. The van der Waals surface area contributed by atoms with Gasteiger partial charge in [-0.15, -0.1) is 4.40 Å². The molecule has 8 heteroatoms. The van der Waals surface area contributed by atoms with E-state index in [1.165, 1.54) is 0 Å². The zero-order chi connectivity index (χ0) is 20.4. The number of amides is 1. The number of nitrogens with zero attached hydrogens (tertiary/aromatic N) is 4. The van der Waals surface area contributed by atoms with Crippen LogP contribution in [-0.4, -0.2) is 61.1 Å². The molecule has 29 heavy (non-hydrogen) atoms. The van der Waals surface area contributed by atoms with Gasteiger partial charge in [0, 0.05) is 49.7 Å². The van der Waals surface area contributed by atoms with Crippen molar-refractivity contribution in [2.75, 3.05) is 26.2 Å². The number of pyridine rings is 1. The second kappa shape index (κ2) is 7.79. The Morgan fingerprint density at radius 1 is 0.966 bits per heavy atom. The molecule has 2 aliphatic heterocycles. The summed E-state index contributed by atoms with van der Waals surface area (Å²) in [5.41, 5.74) is 1.91. The van der Waals surface area contributed by atoms with Crippen LogP contribution in [0.15, 0.2) is 64.8 Å². The Balaban J connectivity index is 1.55. The summed E-state index contributed by atoms with van der Waals surface area (Å²) in [4.78, 5) is 20.7. The van der Waals surface area contributed by atoms with Crippen LogP contribution in [0.1, 0.15) is 29.3 Å². The first-order chi connectivity index (χ1) is 14.0. The predicted octanol–water partition coefficient (Wildman–Crippen LogP) is 2.40. The van der Waals surface area contributed by atoms with E-state index < -0.39 is 10.0 Å². The molecule has 2 aliphatic rings. The molecule has 0 saturated carbocycles. The Labute approximate surface area is 170 Å². The van der Waals surface area contributed by atoms with Crippen molar-refractivity contribution in [3.05, 3.63) is 71.6 Å². The highest BCUT2D eigenvalue weighted by Gasteiger charge is 2.34. The maximum absolute atomic E-state index is 12.7. The molecule has 0 aliphatic carbocycles. The van der Waals surface area contributed by atoms with E-state index in [4.69, 9.17) is 0 Å². The molecule has 1 fully saturated rings. The van der Waals surface area contributed by atoms with Crippen LogP contribution in [0.25, 0.3) is 4.91 Å². The Bertz CT molecular complexity index is 1080. The molecule has 7 nitrogen and oxygen atoms in total. The van der Waals surface area contributed by atoms with E-state index >= 15 is 0 Å². The number of benzene rings is 1. The minimum absolute atomic E-state index is 0.0347. The lowest BCUT2D eigenvalue weighted by Gasteiger charge is -2.23. The van der Waals surface area contributed by atoms with E-state index in [0.29, 0.717) is 48.7 Å². The normalized spacial score (nSPS) is 19.1. The highest BCUT2D eigenvalue weighted by molar-refractivity contribution is 8.00. The first-order valence-electron chi connectivity index (χ1n) is 9.53. The summed E-state index contributed by atoms with van der Waals surface area (Å²) in [6, 6.07) is 12.5. The monoisotopic (exact) mass is 410 g/mol. The van der Waals surface area contributed by atoms with E-state index in [0.717, 1.165) is 6.42 Å². The van der Waals surface area contributed by atoms with E-state index in [1.807, 2.05) is 23.1 Å². The molecule has 1 aromatic heterocycles. The van der Waals surface area contributed by atoms with E-state index in [2.05, 4.69) is 9.38 Å². The maximum atomic E-state index is 12.7. The molecule has 0 radical (unpaired) electrons. The van der Waals surface area contributed by atoms with Gasteiger partial charge in [0.15, 0.2) is 0 Å².